The van der Waals surface area contributed by atoms with Crippen LogP contribution in [-0.2, 0) is 14.8 Å². The van der Waals surface area contributed by atoms with Gasteiger partial charge in [0.1, 0.15) is 0 Å². The van der Waals surface area contributed by atoms with Crippen molar-refractivity contribution in [2.24, 2.45) is 0 Å². The molecule has 0 saturated carbocycles. The molecule has 1 amide bonds. The average molecular weight is 407 g/mol. The van der Waals surface area contributed by atoms with Crippen molar-refractivity contribution in [3.63, 3.8) is 0 Å². The van der Waals surface area contributed by atoms with Crippen molar-refractivity contribution in [2.75, 3.05) is 17.6 Å². The van der Waals surface area contributed by atoms with E-state index in [9.17, 15) is 13.2 Å². The highest BCUT2D eigenvalue weighted by Crippen LogP contribution is 2.21. The number of benzene rings is 1. The van der Waals surface area contributed by atoms with Gasteiger partial charge in [-0.2, -0.15) is 0 Å². The lowest BCUT2D eigenvalue weighted by Crippen LogP contribution is -2.25. The van der Waals surface area contributed by atoms with Crippen LogP contribution in [0.2, 0.25) is 5.02 Å². The molecule has 0 aliphatic heterocycles. The summed E-state index contributed by atoms with van der Waals surface area (Å²) in [6.45, 7) is 1.93. The Kier molecular flexibility index (Phi) is 6.99. The van der Waals surface area contributed by atoms with Gasteiger partial charge >= 0.3 is 0 Å². The number of sulfonamides is 1. The van der Waals surface area contributed by atoms with Gasteiger partial charge in [0.2, 0.25) is 15.4 Å². The summed E-state index contributed by atoms with van der Waals surface area (Å²) in [5, 5.41) is 10.6. The van der Waals surface area contributed by atoms with Gasteiger partial charge in [-0.15, -0.1) is 22.0 Å². The highest BCUT2D eigenvalue weighted by molar-refractivity contribution is 7.99. The fraction of sp³-hybridized carbons (Fsp3) is 0.308. The van der Waals surface area contributed by atoms with Crippen molar-refractivity contribution in [3.05, 3.63) is 29.3 Å². The topological polar surface area (TPSA) is 101 Å². The van der Waals surface area contributed by atoms with Crippen LogP contribution in [0.15, 0.2) is 33.5 Å². The van der Waals surface area contributed by atoms with Gasteiger partial charge in [-0.25, -0.2) is 13.1 Å². The van der Waals surface area contributed by atoms with Crippen LogP contribution in [0, 0.1) is 0 Å². The monoisotopic (exact) mass is 406 g/mol. The first kappa shape index (κ1) is 19.1. The number of carbonyl (C=O) groups is 1. The molecule has 0 radical (unpaired) electrons. The van der Waals surface area contributed by atoms with Gasteiger partial charge in [-0.1, -0.05) is 29.9 Å². The molecular weight excluding hydrogens is 392 g/mol. The van der Waals surface area contributed by atoms with E-state index in [1.807, 2.05) is 12.1 Å². The number of carbonyl (C=O) groups excluding carboxylic acids is 1. The molecule has 2 N–H and O–H groups in total. The first-order valence-electron chi connectivity index (χ1n) is 6.92. The molecule has 0 spiro atoms. The van der Waals surface area contributed by atoms with Crippen LogP contribution >= 0.6 is 34.7 Å². The maximum absolute atomic E-state index is 12.1. The van der Waals surface area contributed by atoms with E-state index in [1.54, 1.807) is 19.1 Å². The molecular formula is C13H15ClN4O3S3. The number of aromatic nitrogens is 2. The second-order valence-corrected chi connectivity index (χ2v) is 9.00. The molecule has 2 rings (SSSR count). The van der Waals surface area contributed by atoms with Crippen molar-refractivity contribution in [3.8, 4) is 0 Å². The van der Waals surface area contributed by atoms with E-state index in [4.69, 9.17) is 11.6 Å². The molecule has 0 unspecified atom stereocenters. The summed E-state index contributed by atoms with van der Waals surface area (Å²) in [5.41, 5.74) is 0. The first-order chi connectivity index (χ1) is 11.4. The van der Waals surface area contributed by atoms with Crippen LogP contribution in [0.3, 0.4) is 0 Å². The summed E-state index contributed by atoms with van der Waals surface area (Å²) in [4.78, 5) is 12.3. The second kappa shape index (κ2) is 8.77. The molecule has 0 aliphatic carbocycles. The van der Waals surface area contributed by atoms with Crippen LogP contribution < -0.4 is 10.0 Å². The number of rotatable bonds is 8. The van der Waals surface area contributed by atoms with E-state index in [1.165, 1.54) is 11.8 Å². The number of anilines is 1. The summed E-state index contributed by atoms with van der Waals surface area (Å²) in [7, 11) is -3.73. The Morgan fingerprint density at radius 1 is 1.29 bits per heavy atom. The van der Waals surface area contributed by atoms with E-state index in [-0.39, 0.29) is 28.3 Å². The molecule has 11 heteroatoms. The second-order valence-electron chi connectivity index (χ2n) is 4.48. The van der Waals surface area contributed by atoms with Crippen molar-refractivity contribution in [2.45, 2.75) is 22.6 Å². The maximum atomic E-state index is 12.1. The Labute approximate surface area is 153 Å². The number of amides is 1. The third-order valence-corrected chi connectivity index (χ3v) is 6.61. The lowest BCUT2D eigenvalue weighted by Gasteiger charge is -2.04. The number of thioether (sulfide) groups is 1. The largest absolute Gasteiger partial charge is 0.301 e. The fourth-order valence-corrected chi connectivity index (χ4v) is 4.53. The smallest absolute Gasteiger partial charge is 0.269 e. The van der Waals surface area contributed by atoms with Crippen molar-refractivity contribution in [1.29, 1.82) is 0 Å². The van der Waals surface area contributed by atoms with E-state index in [0.29, 0.717) is 10.8 Å². The van der Waals surface area contributed by atoms with Crippen LogP contribution in [0.4, 0.5) is 5.13 Å². The summed E-state index contributed by atoms with van der Waals surface area (Å²) >= 11 is 8.12. The number of hydrogen-bond acceptors (Lipinski definition) is 7. The number of nitrogens with zero attached hydrogens (tertiary/aromatic N) is 2. The average Bonchev–Trinajstić information content (AvgIpc) is 3.02. The first-order valence-corrected chi connectivity index (χ1v) is 10.6. The molecule has 0 atom stereocenters. The Morgan fingerprint density at radius 2 is 2.00 bits per heavy atom. The predicted octanol–water partition coefficient (Wildman–Crippen LogP) is 2.61. The SMILES string of the molecule is CCC(=O)Nc1nnc(S(=O)(=O)NCCSc2ccc(Cl)cc2)s1. The van der Waals surface area contributed by atoms with Crippen molar-refractivity contribution >= 4 is 55.8 Å². The third-order valence-electron chi connectivity index (χ3n) is 2.68. The zero-order valence-electron chi connectivity index (χ0n) is 12.7. The van der Waals surface area contributed by atoms with Gasteiger partial charge < -0.3 is 5.32 Å². The molecule has 0 saturated heterocycles. The summed E-state index contributed by atoms with van der Waals surface area (Å²) in [5.74, 6) is 0.307. The molecule has 0 fully saturated rings. The third kappa shape index (κ3) is 5.71. The maximum Gasteiger partial charge on any atom is 0.269 e. The van der Waals surface area contributed by atoms with Gasteiger partial charge in [-0.3, -0.25) is 4.79 Å². The summed E-state index contributed by atoms with van der Waals surface area (Å²) in [6, 6.07) is 7.30. The molecule has 1 aromatic carbocycles. The van der Waals surface area contributed by atoms with Gasteiger partial charge in [0.15, 0.2) is 0 Å². The summed E-state index contributed by atoms with van der Waals surface area (Å²) in [6.07, 6.45) is 0.280. The molecule has 0 aliphatic rings. The number of hydrogen-bond donors (Lipinski definition) is 2. The summed E-state index contributed by atoms with van der Waals surface area (Å²) < 4.78 is 26.5. The zero-order chi connectivity index (χ0) is 17.6. The molecule has 7 nitrogen and oxygen atoms in total. The number of nitrogens with one attached hydrogen (secondary N) is 2. The Morgan fingerprint density at radius 3 is 2.67 bits per heavy atom. The highest BCUT2D eigenvalue weighted by Gasteiger charge is 2.20. The van der Waals surface area contributed by atoms with Crippen LogP contribution in [0.1, 0.15) is 13.3 Å². The Balaban J connectivity index is 1.84. The van der Waals surface area contributed by atoms with Crippen LogP contribution in [-0.4, -0.2) is 36.8 Å². The molecule has 1 heterocycles. The molecule has 24 heavy (non-hydrogen) atoms. The molecule has 0 bridgehead atoms. The normalized spacial score (nSPS) is 11.4. The van der Waals surface area contributed by atoms with Crippen molar-refractivity contribution in [1.82, 2.24) is 14.9 Å². The Hall–Kier alpha value is -1.20. The molecule has 1 aromatic heterocycles. The van der Waals surface area contributed by atoms with Gasteiger partial charge in [-0.05, 0) is 24.3 Å². The minimum absolute atomic E-state index is 0.165. The minimum Gasteiger partial charge on any atom is -0.301 e. The lowest BCUT2D eigenvalue weighted by atomic mass is 10.4. The zero-order valence-corrected chi connectivity index (χ0v) is 15.9. The lowest BCUT2D eigenvalue weighted by molar-refractivity contribution is -0.115. The van der Waals surface area contributed by atoms with E-state index >= 15 is 0 Å². The van der Waals surface area contributed by atoms with E-state index in [0.717, 1.165) is 16.2 Å². The molecule has 130 valence electrons. The van der Waals surface area contributed by atoms with Crippen molar-refractivity contribution < 1.29 is 13.2 Å². The quantitative estimate of drug-likeness (QED) is 0.397. The predicted molar refractivity (Wildman–Crippen MR) is 96.2 cm³/mol. The van der Waals surface area contributed by atoms with Gasteiger partial charge in [0, 0.05) is 28.6 Å². The highest BCUT2D eigenvalue weighted by atomic mass is 35.5. The standard InChI is InChI=1S/C13H15ClN4O3S3/c1-2-11(19)16-12-17-18-13(23-12)24(20,21)15-7-8-22-10-5-3-9(14)4-6-10/h3-6,15H,2,7-8H2,1H3,(H,16,17,19). The number of halogens is 1. The van der Waals surface area contributed by atoms with Crippen LogP contribution in [0.25, 0.3) is 0 Å². The minimum atomic E-state index is -3.73. The molecule has 2 aromatic rings. The van der Waals surface area contributed by atoms with Crippen LogP contribution in [0.5, 0.6) is 0 Å². The Bertz CT molecular complexity index is 793. The fourth-order valence-electron chi connectivity index (χ4n) is 1.51. The van der Waals surface area contributed by atoms with Gasteiger partial charge in [0.05, 0.1) is 0 Å². The van der Waals surface area contributed by atoms with E-state index in [2.05, 4.69) is 20.2 Å². The van der Waals surface area contributed by atoms with E-state index < -0.39 is 10.0 Å². The van der Waals surface area contributed by atoms with Gasteiger partial charge in [0.25, 0.3) is 10.0 Å².